The fraction of sp³-hybridized carbons (Fsp3) is 0.692. The topological polar surface area (TPSA) is 119 Å². The Morgan fingerprint density at radius 2 is 1.00 bits per heavy atom. The Morgan fingerprint density at radius 1 is 0.562 bits per heavy atom. The van der Waals surface area contributed by atoms with Gasteiger partial charge in [0, 0.05) is 12.8 Å². The standard InChI is InChI=1S/C39H67O8P/c1-3-5-7-9-11-13-15-17-18-19-20-22-24-26-28-30-32-34-39(41)47-37(36-46-48(42,43)44)35-45-38(40)33-31-29-27-25-23-21-16-14-12-10-8-6-4-2/h5,7,11,13,17-18,20,22,26,28,37H,3-4,6,8-10,12,14-16,19,21,23-25,27,29-36H2,1-2H3,(H2,42,43,44)/b7-5+,13-11+,18-17+,22-20+,28-26+/t37-/m1/s1. The van der Waals surface area contributed by atoms with Gasteiger partial charge in [0.05, 0.1) is 6.61 Å². The molecule has 0 rings (SSSR count). The van der Waals surface area contributed by atoms with Crippen molar-refractivity contribution in [1.29, 1.82) is 0 Å². The van der Waals surface area contributed by atoms with Gasteiger partial charge in [0.2, 0.25) is 0 Å². The smallest absolute Gasteiger partial charge is 0.462 e. The van der Waals surface area contributed by atoms with Crippen molar-refractivity contribution in [3.63, 3.8) is 0 Å². The SMILES string of the molecule is CC/C=C/C/C=C/C/C=C/C/C=C/C/C=C/CCCC(=O)O[C@H](COC(=O)CCCCCCCCCCCCCCC)COP(=O)(O)O. The van der Waals surface area contributed by atoms with Crippen molar-refractivity contribution in [3.05, 3.63) is 60.8 Å². The third kappa shape index (κ3) is 36.6. The van der Waals surface area contributed by atoms with Crippen molar-refractivity contribution in [1.82, 2.24) is 0 Å². The molecule has 0 unspecified atom stereocenters. The molecule has 48 heavy (non-hydrogen) atoms. The van der Waals surface area contributed by atoms with E-state index in [1.54, 1.807) is 0 Å². The number of carbonyl (C=O) groups excluding carboxylic acids is 2. The molecule has 2 N–H and O–H groups in total. The van der Waals surface area contributed by atoms with E-state index < -0.39 is 32.5 Å². The highest BCUT2D eigenvalue weighted by Crippen LogP contribution is 2.35. The van der Waals surface area contributed by atoms with E-state index in [9.17, 15) is 14.2 Å². The highest BCUT2D eigenvalue weighted by molar-refractivity contribution is 7.46. The van der Waals surface area contributed by atoms with Gasteiger partial charge in [0.25, 0.3) is 0 Å². The molecule has 0 aromatic rings. The van der Waals surface area contributed by atoms with Crippen LogP contribution in [0.2, 0.25) is 0 Å². The van der Waals surface area contributed by atoms with Crippen LogP contribution in [0, 0.1) is 0 Å². The van der Waals surface area contributed by atoms with Gasteiger partial charge in [-0.15, -0.1) is 0 Å². The molecule has 8 nitrogen and oxygen atoms in total. The summed E-state index contributed by atoms with van der Waals surface area (Å²) >= 11 is 0. The molecule has 0 saturated heterocycles. The first-order chi connectivity index (χ1) is 23.3. The lowest BCUT2D eigenvalue weighted by molar-refractivity contribution is -0.161. The van der Waals surface area contributed by atoms with Gasteiger partial charge in [-0.2, -0.15) is 0 Å². The Hall–Kier alpha value is -2.25. The molecule has 276 valence electrons. The Labute approximate surface area is 292 Å². The summed E-state index contributed by atoms with van der Waals surface area (Å²) in [6.45, 7) is 3.50. The van der Waals surface area contributed by atoms with E-state index >= 15 is 0 Å². The molecular weight excluding hydrogens is 627 g/mol. The second-order valence-electron chi connectivity index (χ2n) is 12.2. The van der Waals surface area contributed by atoms with Gasteiger partial charge in [-0.3, -0.25) is 14.1 Å². The van der Waals surface area contributed by atoms with Crippen LogP contribution in [0.1, 0.15) is 155 Å². The summed E-state index contributed by atoms with van der Waals surface area (Å²) in [7, 11) is -4.76. The fourth-order valence-electron chi connectivity index (χ4n) is 4.82. The Morgan fingerprint density at radius 3 is 1.48 bits per heavy atom. The molecule has 0 fully saturated rings. The molecule has 0 aliphatic rings. The summed E-state index contributed by atoms with van der Waals surface area (Å²) in [5, 5.41) is 0. The molecule has 0 heterocycles. The third-order valence-electron chi connectivity index (χ3n) is 7.55. The van der Waals surface area contributed by atoms with E-state index in [0.29, 0.717) is 12.8 Å². The molecule has 0 saturated carbocycles. The maximum atomic E-state index is 12.3. The summed E-state index contributed by atoms with van der Waals surface area (Å²) in [6.07, 6.45) is 42.3. The van der Waals surface area contributed by atoms with E-state index in [1.165, 1.54) is 64.2 Å². The Kier molecular flexibility index (Phi) is 33.0. The van der Waals surface area contributed by atoms with Gasteiger partial charge in [-0.25, -0.2) is 4.57 Å². The van der Waals surface area contributed by atoms with Crippen molar-refractivity contribution in [2.75, 3.05) is 13.2 Å². The average molecular weight is 695 g/mol. The highest BCUT2D eigenvalue weighted by Gasteiger charge is 2.22. The normalized spacial score (nSPS) is 13.2. The molecule has 0 aliphatic heterocycles. The number of hydrogen-bond acceptors (Lipinski definition) is 6. The second kappa shape index (κ2) is 34.6. The summed E-state index contributed by atoms with van der Waals surface area (Å²) in [4.78, 5) is 42.6. The van der Waals surface area contributed by atoms with Crippen LogP contribution in [-0.4, -0.2) is 41.0 Å². The lowest BCUT2D eigenvalue weighted by atomic mass is 10.0. The fourth-order valence-corrected chi connectivity index (χ4v) is 5.18. The van der Waals surface area contributed by atoms with Crippen LogP contribution in [0.25, 0.3) is 0 Å². The molecule has 0 radical (unpaired) electrons. The van der Waals surface area contributed by atoms with E-state index in [4.69, 9.17) is 19.3 Å². The van der Waals surface area contributed by atoms with Crippen LogP contribution in [0.15, 0.2) is 60.8 Å². The lowest BCUT2D eigenvalue weighted by Crippen LogP contribution is -2.29. The summed E-state index contributed by atoms with van der Waals surface area (Å²) in [6, 6.07) is 0. The number of allylic oxidation sites excluding steroid dienone is 10. The third-order valence-corrected chi connectivity index (χ3v) is 8.04. The first kappa shape index (κ1) is 45.8. The largest absolute Gasteiger partial charge is 0.469 e. The number of ether oxygens (including phenoxy) is 2. The number of phosphoric acid groups is 1. The van der Waals surface area contributed by atoms with Crippen molar-refractivity contribution in [3.8, 4) is 0 Å². The van der Waals surface area contributed by atoms with Crippen molar-refractivity contribution in [2.24, 2.45) is 0 Å². The number of hydrogen-bond donors (Lipinski definition) is 2. The Bertz CT molecular complexity index is 963. The molecule has 9 heteroatoms. The monoisotopic (exact) mass is 694 g/mol. The molecule has 0 aromatic carbocycles. The van der Waals surface area contributed by atoms with Crippen LogP contribution in [0.4, 0.5) is 0 Å². The van der Waals surface area contributed by atoms with Gasteiger partial charge in [0.15, 0.2) is 6.10 Å². The quantitative estimate of drug-likeness (QED) is 0.0301. The molecule has 0 aliphatic carbocycles. The minimum atomic E-state index is -4.76. The van der Waals surface area contributed by atoms with Gasteiger partial charge < -0.3 is 19.3 Å². The lowest BCUT2D eigenvalue weighted by Gasteiger charge is -2.18. The number of esters is 2. The first-order valence-electron chi connectivity index (χ1n) is 18.6. The van der Waals surface area contributed by atoms with Gasteiger partial charge in [0.1, 0.15) is 6.61 Å². The van der Waals surface area contributed by atoms with Crippen LogP contribution < -0.4 is 0 Å². The van der Waals surface area contributed by atoms with Crippen molar-refractivity contribution in [2.45, 2.75) is 161 Å². The summed E-state index contributed by atoms with van der Waals surface area (Å²) < 4.78 is 26.2. The zero-order valence-corrected chi connectivity index (χ0v) is 31.0. The highest BCUT2D eigenvalue weighted by atomic mass is 31.2. The molecule has 0 bridgehead atoms. The Balaban J connectivity index is 4.09. The van der Waals surface area contributed by atoms with E-state index in [2.05, 4.69) is 67.0 Å². The number of rotatable bonds is 33. The van der Waals surface area contributed by atoms with Crippen LogP contribution in [0.5, 0.6) is 0 Å². The maximum absolute atomic E-state index is 12.3. The van der Waals surface area contributed by atoms with E-state index in [1.807, 2.05) is 12.2 Å². The number of phosphoric ester groups is 1. The summed E-state index contributed by atoms with van der Waals surface area (Å²) in [5.74, 6) is -0.956. The minimum absolute atomic E-state index is 0.133. The molecule has 0 aromatic heterocycles. The van der Waals surface area contributed by atoms with Crippen LogP contribution in [0.3, 0.4) is 0 Å². The summed E-state index contributed by atoms with van der Waals surface area (Å²) in [5.41, 5.74) is 0. The zero-order valence-electron chi connectivity index (χ0n) is 30.1. The van der Waals surface area contributed by atoms with Crippen LogP contribution >= 0.6 is 7.82 Å². The first-order valence-corrected chi connectivity index (χ1v) is 20.1. The minimum Gasteiger partial charge on any atom is -0.462 e. The van der Waals surface area contributed by atoms with Crippen LogP contribution in [-0.2, 0) is 28.2 Å². The predicted molar refractivity (Wildman–Crippen MR) is 197 cm³/mol. The average Bonchev–Trinajstić information content (AvgIpc) is 3.05. The number of carbonyl (C=O) groups is 2. The van der Waals surface area contributed by atoms with Crippen molar-refractivity contribution < 1.29 is 37.9 Å². The second-order valence-corrected chi connectivity index (χ2v) is 13.4. The zero-order chi connectivity index (χ0) is 35.4. The molecule has 1 atom stereocenters. The van der Waals surface area contributed by atoms with Gasteiger partial charge in [-0.1, -0.05) is 152 Å². The van der Waals surface area contributed by atoms with E-state index in [-0.39, 0.29) is 19.4 Å². The van der Waals surface area contributed by atoms with Crippen molar-refractivity contribution >= 4 is 19.8 Å². The van der Waals surface area contributed by atoms with Gasteiger partial charge >= 0.3 is 19.8 Å². The maximum Gasteiger partial charge on any atom is 0.469 e. The number of unbranched alkanes of at least 4 members (excludes halogenated alkanes) is 13. The van der Waals surface area contributed by atoms with E-state index in [0.717, 1.165) is 51.4 Å². The molecular formula is C39H67O8P. The molecule has 0 amide bonds. The predicted octanol–water partition coefficient (Wildman–Crippen LogP) is 11.0. The van der Waals surface area contributed by atoms with Gasteiger partial charge in [-0.05, 0) is 51.4 Å². The molecule has 0 spiro atoms.